The van der Waals surface area contributed by atoms with E-state index < -0.39 is 46.7 Å². The second-order valence-electron chi connectivity index (χ2n) is 11.4. The fourth-order valence-corrected chi connectivity index (χ4v) is 2.80. The predicted octanol–water partition coefficient (Wildman–Crippen LogP) is 4.12. The molecule has 0 aromatic rings. The average molecular weight is 429 g/mol. The van der Waals surface area contributed by atoms with E-state index in [0.717, 1.165) is 0 Å². The van der Waals surface area contributed by atoms with E-state index in [1.165, 1.54) is 0 Å². The molecule has 0 aromatic heterocycles. The van der Waals surface area contributed by atoms with Crippen LogP contribution in [0.4, 0.5) is 0 Å². The Hall–Kier alpha value is -1.63. The summed E-state index contributed by atoms with van der Waals surface area (Å²) in [4.78, 5) is 37.1. The summed E-state index contributed by atoms with van der Waals surface area (Å²) in [6.07, 6.45) is -2.16. The van der Waals surface area contributed by atoms with Gasteiger partial charge in [-0.15, -0.1) is 0 Å². The zero-order valence-electron chi connectivity index (χ0n) is 20.5. The van der Waals surface area contributed by atoms with Crippen LogP contribution in [0.3, 0.4) is 0 Å². The van der Waals surface area contributed by atoms with Gasteiger partial charge in [-0.05, 0) is 62.3 Å². The van der Waals surface area contributed by atoms with E-state index in [1.807, 2.05) is 13.8 Å². The number of carbonyl (C=O) groups excluding carboxylic acids is 3. The molecule has 0 unspecified atom stereocenters. The van der Waals surface area contributed by atoms with E-state index in [2.05, 4.69) is 0 Å². The van der Waals surface area contributed by atoms with Crippen LogP contribution < -0.4 is 0 Å². The molecule has 0 saturated carbocycles. The normalized spacial score (nSPS) is 26.1. The number of hydrogen-bond acceptors (Lipinski definition) is 7. The molecule has 7 heteroatoms. The standard InChI is InChI=1S/C23H40O7/c1-13(12-27-18(24)21(3,4)5)15-14(2)16(29-19(25)22(6,7)8)17(28-15)30-20(26)23(9,10)11/h13-17H,12H2,1-11H3/t13-,14-,15-,16+,17-/m0/s1. The summed E-state index contributed by atoms with van der Waals surface area (Å²) in [6, 6.07) is 0. The first-order valence-electron chi connectivity index (χ1n) is 10.6. The van der Waals surface area contributed by atoms with Crippen LogP contribution in [-0.2, 0) is 33.3 Å². The van der Waals surface area contributed by atoms with Gasteiger partial charge >= 0.3 is 17.9 Å². The van der Waals surface area contributed by atoms with Gasteiger partial charge in [0.1, 0.15) is 0 Å². The first-order chi connectivity index (χ1) is 13.4. The van der Waals surface area contributed by atoms with Crippen molar-refractivity contribution in [3.63, 3.8) is 0 Å². The number of rotatable bonds is 5. The third-order valence-electron chi connectivity index (χ3n) is 4.94. The van der Waals surface area contributed by atoms with Crippen LogP contribution in [0.5, 0.6) is 0 Å². The van der Waals surface area contributed by atoms with Gasteiger partial charge in [-0.25, -0.2) is 0 Å². The molecule has 174 valence electrons. The van der Waals surface area contributed by atoms with Crippen LogP contribution in [0.15, 0.2) is 0 Å². The average Bonchev–Trinajstić information content (AvgIpc) is 2.86. The minimum absolute atomic E-state index is 0.158. The maximum Gasteiger partial charge on any atom is 0.313 e. The highest BCUT2D eigenvalue weighted by molar-refractivity contribution is 5.76. The smallest absolute Gasteiger partial charge is 0.313 e. The highest BCUT2D eigenvalue weighted by Crippen LogP contribution is 2.37. The fourth-order valence-electron chi connectivity index (χ4n) is 2.80. The van der Waals surface area contributed by atoms with Crippen LogP contribution in [0, 0.1) is 28.1 Å². The molecule has 0 radical (unpaired) electrons. The van der Waals surface area contributed by atoms with Crippen LogP contribution in [0.2, 0.25) is 0 Å². The Balaban J connectivity index is 2.98. The monoisotopic (exact) mass is 428 g/mol. The fraction of sp³-hybridized carbons (Fsp3) is 0.870. The summed E-state index contributed by atoms with van der Waals surface area (Å²) in [5.74, 6) is -1.57. The lowest BCUT2D eigenvalue weighted by atomic mass is 9.91. The molecule has 1 saturated heterocycles. The van der Waals surface area contributed by atoms with Gasteiger partial charge < -0.3 is 18.9 Å². The predicted molar refractivity (Wildman–Crippen MR) is 112 cm³/mol. The molecule has 30 heavy (non-hydrogen) atoms. The van der Waals surface area contributed by atoms with Crippen molar-refractivity contribution in [2.24, 2.45) is 28.1 Å². The zero-order chi connectivity index (χ0) is 23.7. The van der Waals surface area contributed by atoms with Gasteiger partial charge in [-0.2, -0.15) is 0 Å². The lowest BCUT2D eigenvalue weighted by molar-refractivity contribution is -0.208. The number of carbonyl (C=O) groups is 3. The molecule has 1 aliphatic heterocycles. The summed E-state index contributed by atoms with van der Waals surface area (Å²) < 4.78 is 22.8. The van der Waals surface area contributed by atoms with E-state index in [4.69, 9.17) is 18.9 Å². The molecule has 1 aliphatic rings. The zero-order valence-corrected chi connectivity index (χ0v) is 20.5. The Bertz CT molecular complexity index is 633. The van der Waals surface area contributed by atoms with Crippen molar-refractivity contribution in [1.29, 1.82) is 0 Å². The highest BCUT2D eigenvalue weighted by Gasteiger charge is 2.50. The van der Waals surface area contributed by atoms with Gasteiger partial charge in [0.25, 0.3) is 0 Å². The number of hydrogen-bond donors (Lipinski definition) is 0. The molecule has 0 N–H and O–H groups in total. The van der Waals surface area contributed by atoms with E-state index in [1.54, 1.807) is 62.3 Å². The molecule has 1 fully saturated rings. The molecule has 1 rings (SSSR count). The highest BCUT2D eigenvalue weighted by atomic mass is 16.7. The second kappa shape index (κ2) is 9.25. The van der Waals surface area contributed by atoms with Gasteiger partial charge in [-0.3, -0.25) is 14.4 Å². The maximum atomic E-state index is 12.5. The molecule has 0 amide bonds. The Labute approximate surface area is 181 Å². The topological polar surface area (TPSA) is 88.1 Å². The molecular weight excluding hydrogens is 388 g/mol. The van der Waals surface area contributed by atoms with Crippen molar-refractivity contribution < 1.29 is 33.3 Å². The molecule has 7 nitrogen and oxygen atoms in total. The van der Waals surface area contributed by atoms with Crippen LogP contribution in [0.25, 0.3) is 0 Å². The molecular formula is C23H40O7. The van der Waals surface area contributed by atoms with Crippen molar-refractivity contribution in [2.75, 3.05) is 6.61 Å². The van der Waals surface area contributed by atoms with Gasteiger partial charge in [0.2, 0.25) is 6.29 Å². The Morgan fingerprint density at radius 2 is 1.23 bits per heavy atom. The summed E-state index contributed by atoms with van der Waals surface area (Å²) >= 11 is 0. The quantitative estimate of drug-likeness (QED) is 0.481. The van der Waals surface area contributed by atoms with Gasteiger partial charge in [-0.1, -0.05) is 13.8 Å². The second-order valence-corrected chi connectivity index (χ2v) is 11.4. The van der Waals surface area contributed by atoms with Crippen LogP contribution in [0.1, 0.15) is 76.2 Å². The van der Waals surface area contributed by atoms with Crippen LogP contribution in [-0.4, -0.2) is 43.0 Å². The van der Waals surface area contributed by atoms with Gasteiger partial charge in [0.15, 0.2) is 6.10 Å². The Morgan fingerprint density at radius 3 is 1.67 bits per heavy atom. The largest absolute Gasteiger partial charge is 0.465 e. The molecule has 0 spiro atoms. The lowest BCUT2D eigenvalue weighted by Crippen LogP contribution is -2.40. The van der Waals surface area contributed by atoms with E-state index in [-0.39, 0.29) is 24.4 Å². The van der Waals surface area contributed by atoms with Gasteiger partial charge in [0, 0.05) is 11.8 Å². The summed E-state index contributed by atoms with van der Waals surface area (Å²) in [5.41, 5.74) is -2.03. The Kier molecular flexibility index (Phi) is 8.14. The van der Waals surface area contributed by atoms with Crippen molar-refractivity contribution in [3.05, 3.63) is 0 Å². The first kappa shape index (κ1) is 26.4. The lowest BCUT2D eigenvalue weighted by Gasteiger charge is -2.27. The third-order valence-corrected chi connectivity index (χ3v) is 4.94. The SMILES string of the molecule is C[C@H]1[C@H]([C@@H](C)COC(=O)C(C)(C)C)O[C@@H](OC(=O)C(C)(C)C)[C@@H]1OC(=O)C(C)(C)C. The molecule has 1 heterocycles. The van der Waals surface area contributed by atoms with E-state index in [9.17, 15) is 14.4 Å². The van der Waals surface area contributed by atoms with Gasteiger partial charge in [0.05, 0.1) is 29.0 Å². The van der Waals surface area contributed by atoms with Crippen molar-refractivity contribution in [1.82, 2.24) is 0 Å². The molecule has 0 aromatic carbocycles. The number of ether oxygens (including phenoxy) is 4. The van der Waals surface area contributed by atoms with Crippen molar-refractivity contribution in [3.8, 4) is 0 Å². The first-order valence-corrected chi connectivity index (χ1v) is 10.6. The molecule has 0 aliphatic carbocycles. The summed E-state index contributed by atoms with van der Waals surface area (Å²) in [7, 11) is 0. The minimum Gasteiger partial charge on any atom is -0.465 e. The maximum absolute atomic E-state index is 12.5. The number of esters is 3. The van der Waals surface area contributed by atoms with E-state index in [0.29, 0.717) is 0 Å². The minimum atomic E-state index is -1.01. The van der Waals surface area contributed by atoms with Crippen LogP contribution >= 0.6 is 0 Å². The van der Waals surface area contributed by atoms with E-state index >= 15 is 0 Å². The summed E-state index contributed by atoms with van der Waals surface area (Å²) in [6.45, 7) is 19.8. The third kappa shape index (κ3) is 6.96. The van der Waals surface area contributed by atoms with Crippen molar-refractivity contribution >= 4 is 17.9 Å². The molecule has 5 atom stereocenters. The Morgan fingerprint density at radius 1 is 0.800 bits per heavy atom. The summed E-state index contributed by atoms with van der Waals surface area (Å²) in [5, 5.41) is 0. The molecule has 0 bridgehead atoms. The van der Waals surface area contributed by atoms with Crippen molar-refractivity contribution in [2.45, 2.75) is 94.7 Å².